The average molecular weight is 363 g/mol. The molecule has 0 amide bonds. The Morgan fingerprint density at radius 3 is 2.75 bits per heavy atom. The molecule has 0 unspecified atom stereocenters. The van der Waals surface area contributed by atoms with Crippen molar-refractivity contribution < 1.29 is 14.2 Å². The van der Waals surface area contributed by atoms with E-state index in [-0.39, 0.29) is 0 Å². The van der Waals surface area contributed by atoms with E-state index in [1.165, 1.54) is 0 Å². The number of nitrogens with one attached hydrogen (secondary N) is 1. The molecule has 1 N–H and O–H groups in total. The van der Waals surface area contributed by atoms with Crippen LogP contribution in [0.4, 0.5) is 0 Å². The van der Waals surface area contributed by atoms with E-state index in [1.807, 2.05) is 6.92 Å². The molecule has 7 heteroatoms. The van der Waals surface area contributed by atoms with Crippen LogP contribution >= 0.6 is 28.1 Å². The number of nitrogens with zero attached hydrogens (tertiary/aromatic N) is 1. The summed E-state index contributed by atoms with van der Waals surface area (Å²) in [6.07, 6.45) is 1.54. The molecule has 0 saturated carbocycles. The molecular formula is C13H19BrN2O3S. The first-order chi connectivity index (χ1) is 9.63. The average Bonchev–Trinajstić information content (AvgIpc) is 2.45. The Balaban J connectivity index is 2.45. The van der Waals surface area contributed by atoms with Gasteiger partial charge in [0.15, 0.2) is 0 Å². The summed E-state index contributed by atoms with van der Waals surface area (Å²) in [5.41, 5.74) is 0.442. The maximum atomic E-state index is 6.01. The lowest BCUT2D eigenvalue weighted by Gasteiger charge is -2.36. The van der Waals surface area contributed by atoms with E-state index in [4.69, 9.17) is 26.4 Å². The highest BCUT2D eigenvalue weighted by Gasteiger charge is 2.38. The summed E-state index contributed by atoms with van der Waals surface area (Å²) >= 11 is 8.78. The molecule has 1 fully saturated rings. The fourth-order valence-electron chi connectivity index (χ4n) is 2.39. The fraction of sp³-hybridized carbons (Fsp3) is 0.692. The SMILES string of the molecule is CCOC1(c2nc(=S)c(Br)c(COC)[nH]2)CCOCC1. The Morgan fingerprint density at radius 2 is 2.15 bits per heavy atom. The van der Waals surface area contributed by atoms with Crippen LogP contribution in [0.25, 0.3) is 0 Å². The zero-order valence-electron chi connectivity index (χ0n) is 11.7. The predicted molar refractivity (Wildman–Crippen MR) is 81.2 cm³/mol. The molecule has 2 rings (SSSR count). The van der Waals surface area contributed by atoms with Crippen LogP contribution in [0.3, 0.4) is 0 Å². The number of hydrogen-bond acceptors (Lipinski definition) is 5. The van der Waals surface area contributed by atoms with Crippen LogP contribution < -0.4 is 0 Å². The van der Waals surface area contributed by atoms with E-state index < -0.39 is 5.60 Å². The summed E-state index contributed by atoms with van der Waals surface area (Å²) in [7, 11) is 1.65. The van der Waals surface area contributed by atoms with Crippen LogP contribution in [0.15, 0.2) is 4.47 Å². The molecular weight excluding hydrogens is 344 g/mol. The third kappa shape index (κ3) is 3.28. The van der Waals surface area contributed by atoms with Gasteiger partial charge in [-0.3, -0.25) is 0 Å². The summed E-state index contributed by atoms with van der Waals surface area (Å²) < 4.78 is 17.9. The Bertz CT molecular complexity index is 509. The molecule has 0 radical (unpaired) electrons. The van der Waals surface area contributed by atoms with Crippen molar-refractivity contribution in [3.8, 4) is 0 Å². The second-order valence-electron chi connectivity index (χ2n) is 4.66. The number of H-pyrrole nitrogens is 1. The number of rotatable bonds is 5. The Labute approximate surface area is 132 Å². The zero-order valence-corrected chi connectivity index (χ0v) is 14.1. The van der Waals surface area contributed by atoms with E-state index in [9.17, 15) is 0 Å². The Hall–Kier alpha value is -0.340. The van der Waals surface area contributed by atoms with Gasteiger partial charge in [0.2, 0.25) is 0 Å². The minimum atomic E-state index is -0.441. The lowest BCUT2D eigenvalue weighted by atomic mass is 9.93. The number of aromatic amines is 1. The van der Waals surface area contributed by atoms with Gasteiger partial charge < -0.3 is 19.2 Å². The van der Waals surface area contributed by atoms with E-state index in [0.717, 1.165) is 28.8 Å². The van der Waals surface area contributed by atoms with E-state index in [2.05, 4.69) is 25.9 Å². The molecule has 1 aliphatic rings. The van der Waals surface area contributed by atoms with E-state index in [0.29, 0.717) is 31.1 Å². The van der Waals surface area contributed by atoms with Crippen molar-refractivity contribution in [2.75, 3.05) is 26.9 Å². The standard InChI is InChI=1S/C13H19BrN2O3S/c1-3-19-13(4-6-18-7-5-13)12-15-9(8-17-2)10(14)11(20)16-12/h3-8H2,1-2H3,(H,15,16,20). The monoisotopic (exact) mass is 362 g/mol. The van der Waals surface area contributed by atoms with Crippen LogP contribution in [0, 0.1) is 4.64 Å². The van der Waals surface area contributed by atoms with Crippen LogP contribution in [0.2, 0.25) is 0 Å². The van der Waals surface area contributed by atoms with Crippen molar-refractivity contribution >= 4 is 28.1 Å². The second kappa shape index (κ2) is 7.09. The smallest absolute Gasteiger partial charge is 0.144 e. The van der Waals surface area contributed by atoms with Crippen molar-refractivity contribution in [2.24, 2.45) is 0 Å². The molecule has 5 nitrogen and oxygen atoms in total. The molecule has 0 atom stereocenters. The normalized spacial score (nSPS) is 18.1. The van der Waals surface area contributed by atoms with Gasteiger partial charge in [-0.2, -0.15) is 0 Å². The van der Waals surface area contributed by atoms with E-state index in [1.54, 1.807) is 7.11 Å². The van der Waals surface area contributed by atoms with Gasteiger partial charge in [0.1, 0.15) is 16.1 Å². The minimum absolute atomic E-state index is 0.441. The lowest BCUT2D eigenvalue weighted by Crippen LogP contribution is -2.38. The van der Waals surface area contributed by atoms with Gasteiger partial charge in [-0.25, -0.2) is 4.98 Å². The fourth-order valence-corrected chi connectivity index (χ4v) is 2.91. The number of ether oxygens (including phenoxy) is 3. The molecule has 0 aromatic carbocycles. The molecule has 0 bridgehead atoms. The molecule has 1 saturated heterocycles. The van der Waals surface area contributed by atoms with Gasteiger partial charge in [0.25, 0.3) is 0 Å². The zero-order chi connectivity index (χ0) is 14.6. The molecule has 112 valence electrons. The van der Waals surface area contributed by atoms with Crippen molar-refractivity contribution in [1.29, 1.82) is 0 Å². The highest BCUT2D eigenvalue weighted by atomic mass is 79.9. The third-order valence-electron chi connectivity index (χ3n) is 3.38. The highest BCUT2D eigenvalue weighted by Crippen LogP contribution is 2.35. The number of hydrogen-bond donors (Lipinski definition) is 1. The van der Waals surface area contributed by atoms with Crippen molar-refractivity contribution in [1.82, 2.24) is 9.97 Å². The maximum Gasteiger partial charge on any atom is 0.144 e. The third-order valence-corrected chi connectivity index (χ3v) is 4.79. The Kier molecular flexibility index (Phi) is 5.68. The van der Waals surface area contributed by atoms with Crippen LogP contribution in [-0.2, 0) is 26.4 Å². The number of halogens is 1. The summed E-state index contributed by atoms with van der Waals surface area (Å²) in [4.78, 5) is 7.83. The summed E-state index contributed by atoms with van der Waals surface area (Å²) in [5, 5.41) is 0. The first-order valence-corrected chi connectivity index (χ1v) is 7.83. The van der Waals surface area contributed by atoms with Gasteiger partial charge in [0.05, 0.1) is 16.8 Å². The molecule has 1 aromatic rings. The summed E-state index contributed by atoms with van der Waals surface area (Å²) in [6.45, 7) is 4.38. The maximum absolute atomic E-state index is 6.01. The van der Waals surface area contributed by atoms with Crippen molar-refractivity contribution in [3.05, 3.63) is 20.6 Å². The van der Waals surface area contributed by atoms with Crippen LogP contribution in [0.1, 0.15) is 31.3 Å². The topological polar surface area (TPSA) is 56.4 Å². The molecule has 2 heterocycles. The van der Waals surface area contributed by atoms with Gasteiger partial charge >= 0.3 is 0 Å². The number of methoxy groups -OCH3 is 1. The Morgan fingerprint density at radius 1 is 1.45 bits per heavy atom. The minimum Gasteiger partial charge on any atom is -0.381 e. The lowest BCUT2D eigenvalue weighted by molar-refractivity contribution is -0.118. The molecule has 20 heavy (non-hydrogen) atoms. The summed E-state index contributed by atoms with van der Waals surface area (Å²) in [5.74, 6) is 0.767. The highest BCUT2D eigenvalue weighted by molar-refractivity contribution is 9.10. The predicted octanol–water partition coefficient (Wildman–Crippen LogP) is 3.09. The number of aromatic nitrogens is 2. The van der Waals surface area contributed by atoms with E-state index >= 15 is 0 Å². The molecule has 0 aliphatic carbocycles. The molecule has 0 spiro atoms. The molecule has 1 aliphatic heterocycles. The van der Waals surface area contributed by atoms with Gasteiger partial charge in [-0.1, -0.05) is 12.2 Å². The quantitative estimate of drug-likeness (QED) is 0.815. The second-order valence-corrected chi connectivity index (χ2v) is 5.84. The largest absolute Gasteiger partial charge is 0.381 e. The molecule has 1 aromatic heterocycles. The van der Waals surface area contributed by atoms with Crippen LogP contribution in [-0.4, -0.2) is 36.9 Å². The summed E-state index contributed by atoms with van der Waals surface area (Å²) in [6, 6.07) is 0. The van der Waals surface area contributed by atoms with Gasteiger partial charge in [-0.15, -0.1) is 0 Å². The van der Waals surface area contributed by atoms with Crippen LogP contribution in [0.5, 0.6) is 0 Å². The van der Waals surface area contributed by atoms with Gasteiger partial charge in [0, 0.05) is 39.8 Å². The van der Waals surface area contributed by atoms with Crippen molar-refractivity contribution in [2.45, 2.75) is 32.0 Å². The first kappa shape index (κ1) is 16.0. The van der Waals surface area contributed by atoms with Crippen molar-refractivity contribution in [3.63, 3.8) is 0 Å². The first-order valence-electron chi connectivity index (χ1n) is 6.63. The van der Waals surface area contributed by atoms with Gasteiger partial charge in [-0.05, 0) is 22.9 Å².